The Hall–Kier alpha value is -0.930. The highest BCUT2D eigenvalue weighted by molar-refractivity contribution is 5.14. The lowest BCUT2D eigenvalue weighted by Gasteiger charge is -2.37. The van der Waals surface area contributed by atoms with Crippen LogP contribution in [-0.4, -0.2) is 47.5 Å². The van der Waals surface area contributed by atoms with Crippen LogP contribution in [-0.2, 0) is 13.0 Å². The quantitative estimate of drug-likeness (QED) is 0.793. The predicted octanol–water partition coefficient (Wildman–Crippen LogP) is 1.78. The average Bonchev–Trinajstić information content (AvgIpc) is 2.35. The van der Waals surface area contributed by atoms with Crippen molar-refractivity contribution in [1.82, 2.24) is 14.8 Å². The van der Waals surface area contributed by atoms with Gasteiger partial charge in [0.1, 0.15) is 0 Å². The summed E-state index contributed by atoms with van der Waals surface area (Å²) in [5, 5.41) is 0. The second-order valence-electron chi connectivity index (χ2n) is 5.08. The van der Waals surface area contributed by atoms with Crippen molar-refractivity contribution >= 4 is 0 Å². The fourth-order valence-electron chi connectivity index (χ4n) is 2.28. The highest BCUT2D eigenvalue weighted by Crippen LogP contribution is 2.11. The summed E-state index contributed by atoms with van der Waals surface area (Å²) >= 11 is 0. The van der Waals surface area contributed by atoms with Crippen molar-refractivity contribution in [1.29, 1.82) is 0 Å². The summed E-state index contributed by atoms with van der Waals surface area (Å²) in [6.45, 7) is 8.97. The number of piperazine rings is 1. The molecule has 0 bridgehead atoms. The van der Waals surface area contributed by atoms with Crippen molar-refractivity contribution in [2.45, 2.75) is 32.9 Å². The summed E-state index contributed by atoms with van der Waals surface area (Å²) in [7, 11) is 2.21. The molecule has 1 atom stereocenters. The van der Waals surface area contributed by atoms with Crippen molar-refractivity contribution in [2.75, 3.05) is 26.7 Å². The van der Waals surface area contributed by atoms with Crippen LogP contribution in [0.15, 0.2) is 18.3 Å². The maximum atomic E-state index is 4.46. The van der Waals surface area contributed by atoms with Crippen molar-refractivity contribution < 1.29 is 0 Å². The lowest BCUT2D eigenvalue weighted by atomic mass is 10.1. The van der Waals surface area contributed by atoms with E-state index in [1.165, 1.54) is 17.8 Å². The van der Waals surface area contributed by atoms with E-state index in [2.05, 4.69) is 47.8 Å². The van der Waals surface area contributed by atoms with Gasteiger partial charge in [0, 0.05) is 44.1 Å². The third-order valence-corrected chi connectivity index (χ3v) is 3.70. The zero-order chi connectivity index (χ0) is 12.3. The van der Waals surface area contributed by atoms with E-state index in [4.69, 9.17) is 0 Å². The molecule has 1 saturated heterocycles. The Kier molecular flexibility index (Phi) is 4.13. The van der Waals surface area contributed by atoms with Gasteiger partial charge in [0.2, 0.25) is 0 Å². The van der Waals surface area contributed by atoms with Gasteiger partial charge < -0.3 is 4.90 Å². The van der Waals surface area contributed by atoms with Crippen LogP contribution in [0.4, 0.5) is 0 Å². The van der Waals surface area contributed by atoms with Gasteiger partial charge in [-0.3, -0.25) is 9.88 Å². The van der Waals surface area contributed by atoms with Crippen LogP contribution < -0.4 is 0 Å². The first-order valence-electron chi connectivity index (χ1n) is 6.55. The number of nitrogens with zero attached hydrogens (tertiary/aromatic N) is 3. The summed E-state index contributed by atoms with van der Waals surface area (Å²) in [4.78, 5) is 9.41. The van der Waals surface area contributed by atoms with Gasteiger partial charge in [0.25, 0.3) is 0 Å². The number of hydrogen-bond acceptors (Lipinski definition) is 3. The number of pyridine rings is 1. The minimum atomic E-state index is 0.659. The summed E-state index contributed by atoms with van der Waals surface area (Å²) in [6, 6.07) is 5.02. The Bertz CT molecular complexity index is 347. The van der Waals surface area contributed by atoms with Crippen LogP contribution in [0.1, 0.15) is 25.1 Å². The first-order valence-corrected chi connectivity index (χ1v) is 6.55. The third kappa shape index (κ3) is 3.27. The maximum absolute atomic E-state index is 4.46. The van der Waals surface area contributed by atoms with Crippen molar-refractivity contribution in [2.24, 2.45) is 0 Å². The molecule has 94 valence electrons. The van der Waals surface area contributed by atoms with E-state index in [1.54, 1.807) is 0 Å². The average molecular weight is 233 g/mol. The molecule has 3 nitrogen and oxygen atoms in total. The second-order valence-corrected chi connectivity index (χ2v) is 5.08. The Morgan fingerprint density at radius 1 is 1.35 bits per heavy atom. The van der Waals surface area contributed by atoms with Crippen molar-refractivity contribution in [3.63, 3.8) is 0 Å². The molecule has 0 aromatic carbocycles. The highest BCUT2D eigenvalue weighted by Gasteiger charge is 2.20. The zero-order valence-electron chi connectivity index (χ0n) is 11.2. The standard InChI is InChI=1S/C14H23N3/c1-4-14-6-5-13(9-15-14)11-17-8-7-16(3)12(2)10-17/h5-6,9,12H,4,7-8,10-11H2,1-3H3. The Balaban J connectivity index is 1.92. The topological polar surface area (TPSA) is 19.4 Å². The minimum Gasteiger partial charge on any atom is -0.301 e. The van der Waals surface area contributed by atoms with Gasteiger partial charge in [-0.1, -0.05) is 13.0 Å². The smallest absolute Gasteiger partial charge is 0.0401 e. The first kappa shape index (κ1) is 12.5. The van der Waals surface area contributed by atoms with E-state index >= 15 is 0 Å². The molecular weight excluding hydrogens is 210 g/mol. The number of likely N-dealkylation sites (N-methyl/N-ethyl adjacent to an activating group) is 1. The Labute approximate surface area is 104 Å². The SMILES string of the molecule is CCc1ccc(CN2CCN(C)C(C)C2)cn1. The normalized spacial score (nSPS) is 22.9. The lowest BCUT2D eigenvalue weighted by Crippen LogP contribution is -2.49. The minimum absolute atomic E-state index is 0.659. The van der Waals surface area contributed by atoms with Crippen molar-refractivity contribution in [3.05, 3.63) is 29.6 Å². The molecule has 0 spiro atoms. The van der Waals surface area contributed by atoms with E-state index in [1.807, 2.05) is 6.20 Å². The van der Waals surface area contributed by atoms with E-state index < -0.39 is 0 Å². The van der Waals surface area contributed by atoms with E-state index in [0.717, 1.165) is 26.1 Å². The van der Waals surface area contributed by atoms with E-state index in [-0.39, 0.29) is 0 Å². The summed E-state index contributed by atoms with van der Waals surface area (Å²) in [5.41, 5.74) is 2.51. The van der Waals surface area contributed by atoms with Gasteiger partial charge in [-0.15, -0.1) is 0 Å². The first-order chi connectivity index (χ1) is 8.19. The van der Waals surface area contributed by atoms with Gasteiger partial charge in [-0.05, 0) is 32.0 Å². The number of aromatic nitrogens is 1. The van der Waals surface area contributed by atoms with Gasteiger partial charge in [0.15, 0.2) is 0 Å². The number of hydrogen-bond donors (Lipinski definition) is 0. The van der Waals surface area contributed by atoms with Crippen LogP contribution in [0.5, 0.6) is 0 Å². The van der Waals surface area contributed by atoms with Gasteiger partial charge >= 0.3 is 0 Å². The molecule has 1 aliphatic heterocycles. The molecule has 0 N–H and O–H groups in total. The van der Waals surface area contributed by atoms with Gasteiger partial charge in [-0.2, -0.15) is 0 Å². The monoisotopic (exact) mass is 233 g/mol. The van der Waals surface area contributed by atoms with Crippen LogP contribution >= 0.6 is 0 Å². The second kappa shape index (κ2) is 5.61. The molecule has 1 fully saturated rings. The lowest BCUT2D eigenvalue weighted by molar-refractivity contribution is 0.0999. The van der Waals surface area contributed by atoms with E-state index in [9.17, 15) is 0 Å². The van der Waals surface area contributed by atoms with Crippen LogP contribution in [0, 0.1) is 0 Å². The van der Waals surface area contributed by atoms with Crippen molar-refractivity contribution in [3.8, 4) is 0 Å². The highest BCUT2D eigenvalue weighted by atomic mass is 15.3. The summed E-state index contributed by atoms with van der Waals surface area (Å²) in [5.74, 6) is 0. The third-order valence-electron chi connectivity index (χ3n) is 3.70. The fourth-order valence-corrected chi connectivity index (χ4v) is 2.28. The molecular formula is C14H23N3. The molecule has 1 aromatic rings. The van der Waals surface area contributed by atoms with Gasteiger partial charge in [0.05, 0.1) is 0 Å². The molecule has 0 radical (unpaired) electrons. The molecule has 17 heavy (non-hydrogen) atoms. The summed E-state index contributed by atoms with van der Waals surface area (Å²) < 4.78 is 0. The molecule has 0 amide bonds. The fraction of sp³-hybridized carbons (Fsp3) is 0.643. The molecule has 1 aliphatic rings. The Morgan fingerprint density at radius 3 is 2.76 bits per heavy atom. The van der Waals surface area contributed by atoms with Crippen LogP contribution in [0.25, 0.3) is 0 Å². The number of rotatable bonds is 3. The maximum Gasteiger partial charge on any atom is 0.0401 e. The predicted molar refractivity (Wildman–Crippen MR) is 71.0 cm³/mol. The largest absolute Gasteiger partial charge is 0.301 e. The van der Waals surface area contributed by atoms with E-state index in [0.29, 0.717) is 6.04 Å². The Morgan fingerprint density at radius 2 is 2.18 bits per heavy atom. The molecule has 1 aromatic heterocycles. The van der Waals surface area contributed by atoms with Gasteiger partial charge in [-0.25, -0.2) is 0 Å². The molecule has 3 heteroatoms. The summed E-state index contributed by atoms with van der Waals surface area (Å²) in [6.07, 6.45) is 3.05. The molecule has 0 saturated carbocycles. The molecule has 1 unspecified atom stereocenters. The number of aryl methyl sites for hydroxylation is 1. The molecule has 2 heterocycles. The molecule has 2 rings (SSSR count). The van der Waals surface area contributed by atoms with Crippen LogP contribution in [0.2, 0.25) is 0 Å². The molecule has 0 aliphatic carbocycles. The zero-order valence-corrected chi connectivity index (χ0v) is 11.2. The van der Waals surface area contributed by atoms with Crippen LogP contribution in [0.3, 0.4) is 0 Å².